The highest BCUT2D eigenvalue weighted by Crippen LogP contribution is 2.17. The van der Waals surface area contributed by atoms with Crippen molar-refractivity contribution in [2.75, 3.05) is 32.9 Å². The van der Waals surface area contributed by atoms with Gasteiger partial charge in [0.2, 0.25) is 0 Å². The first kappa shape index (κ1) is 11.0. The van der Waals surface area contributed by atoms with E-state index in [4.69, 9.17) is 5.73 Å². The van der Waals surface area contributed by atoms with Crippen molar-refractivity contribution in [1.29, 1.82) is 0 Å². The topological polar surface area (TPSA) is 57.2 Å². The Kier molecular flexibility index (Phi) is 3.17. The minimum atomic E-state index is 0.0533. The van der Waals surface area contributed by atoms with Gasteiger partial charge in [0.05, 0.1) is 5.69 Å². The molecule has 0 aliphatic carbocycles. The third-order valence-corrected chi connectivity index (χ3v) is 2.76. The van der Waals surface area contributed by atoms with Crippen LogP contribution in [0, 0.1) is 0 Å². The zero-order valence-electron chi connectivity index (χ0n) is 9.67. The maximum Gasteiger partial charge on any atom is 0.179 e. The zero-order chi connectivity index (χ0) is 11.5. The molecule has 86 valence electrons. The standard InChI is InChI=1S/C11H17N5/c1-15-7-8-16(2)11(15)14-13-10-5-3-9(12)4-6-10/h3-6,11H,7-8,12H2,1-2H3. The predicted molar refractivity (Wildman–Crippen MR) is 64.4 cm³/mol. The molecule has 0 bridgehead atoms. The maximum atomic E-state index is 5.60. The summed E-state index contributed by atoms with van der Waals surface area (Å²) in [4.78, 5) is 4.33. The summed E-state index contributed by atoms with van der Waals surface area (Å²) in [6.07, 6.45) is 0.0533. The van der Waals surface area contributed by atoms with Gasteiger partial charge in [0.1, 0.15) is 0 Å². The van der Waals surface area contributed by atoms with E-state index in [9.17, 15) is 0 Å². The van der Waals surface area contributed by atoms with E-state index in [0.29, 0.717) is 0 Å². The molecule has 0 spiro atoms. The Morgan fingerprint density at radius 1 is 1.12 bits per heavy atom. The molecule has 1 aliphatic heterocycles. The van der Waals surface area contributed by atoms with Gasteiger partial charge in [-0.2, -0.15) is 10.2 Å². The summed E-state index contributed by atoms with van der Waals surface area (Å²) in [6.45, 7) is 2.06. The highest BCUT2D eigenvalue weighted by molar-refractivity contribution is 5.47. The lowest BCUT2D eigenvalue weighted by atomic mass is 10.3. The van der Waals surface area contributed by atoms with Gasteiger partial charge in [-0.25, -0.2) is 0 Å². The van der Waals surface area contributed by atoms with E-state index in [1.807, 2.05) is 24.3 Å². The molecule has 1 fully saturated rings. The minimum Gasteiger partial charge on any atom is -0.399 e. The van der Waals surface area contributed by atoms with Crippen LogP contribution >= 0.6 is 0 Å². The van der Waals surface area contributed by atoms with Gasteiger partial charge in [-0.3, -0.25) is 9.80 Å². The summed E-state index contributed by atoms with van der Waals surface area (Å²) in [5, 5.41) is 8.54. The molecule has 2 rings (SSSR count). The molecule has 1 aromatic carbocycles. The average molecular weight is 219 g/mol. The zero-order valence-corrected chi connectivity index (χ0v) is 9.67. The summed E-state index contributed by atoms with van der Waals surface area (Å²) in [5.41, 5.74) is 7.18. The van der Waals surface area contributed by atoms with Crippen molar-refractivity contribution in [2.45, 2.75) is 6.29 Å². The van der Waals surface area contributed by atoms with E-state index in [2.05, 4.69) is 34.1 Å². The first-order valence-electron chi connectivity index (χ1n) is 5.34. The van der Waals surface area contributed by atoms with Crippen molar-refractivity contribution in [3.8, 4) is 0 Å². The second-order valence-electron chi connectivity index (χ2n) is 4.11. The molecule has 5 heteroatoms. The SMILES string of the molecule is CN1CCN(C)C1N=Nc1ccc(N)cc1. The first-order valence-corrected chi connectivity index (χ1v) is 5.34. The van der Waals surface area contributed by atoms with E-state index < -0.39 is 0 Å². The Morgan fingerprint density at radius 3 is 2.25 bits per heavy atom. The molecule has 16 heavy (non-hydrogen) atoms. The number of nitrogens with two attached hydrogens (primary N) is 1. The highest BCUT2D eigenvalue weighted by atomic mass is 15.5. The molecule has 1 aromatic rings. The van der Waals surface area contributed by atoms with Gasteiger partial charge >= 0.3 is 0 Å². The van der Waals surface area contributed by atoms with Gasteiger partial charge < -0.3 is 5.73 Å². The van der Waals surface area contributed by atoms with Crippen LogP contribution in [0.3, 0.4) is 0 Å². The monoisotopic (exact) mass is 219 g/mol. The molecule has 1 saturated heterocycles. The molecule has 5 nitrogen and oxygen atoms in total. The second kappa shape index (κ2) is 4.59. The number of hydrogen-bond donors (Lipinski definition) is 1. The van der Waals surface area contributed by atoms with Gasteiger partial charge in [-0.15, -0.1) is 0 Å². The third kappa shape index (κ3) is 2.37. The minimum absolute atomic E-state index is 0.0533. The van der Waals surface area contributed by atoms with E-state index in [0.717, 1.165) is 24.5 Å². The van der Waals surface area contributed by atoms with Crippen LogP contribution in [-0.2, 0) is 0 Å². The van der Waals surface area contributed by atoms with Gasteiger partial charge in [0, 0.05) is 18.8 Å². The lowest BCUT2D eigenvalue weighted by Gasteiger charge is -2.18. The first-order chi connectivity index (χ1) is 7.66. The molecule has 0 aromatic heterocycles. The number of anilines is 1. The summed E-state index contributed by atoms with van der Waals surface area (Å²) < 4.78 is 0. The largest absolute Gasteiger partial charge is 0.399 e. The van der Waals surface area contributed by atoms with Gasteiger partial charge in [0.25, 0.3) is 0 Å². The highest BCUT2D eigenvalue weighted by Gasteiger charge is 2.25. The molecule has 0 radical (unpaired) electrons. The van der Waals surface area contributed by atoms with Crippen LogP contribution in [0.2, 0.25) is 0 Å². The molecular formula is C11H17N5. The Hall–Kier alpha value is -1.46. The van der Waals surface area contributed by atoms with Crippen molar-refractivity contribution in [3.63, 3.8) is 0 Å². The van der Waals surface area contributed by atoms with E-state index >= 15 is 0 Å². The lowest BCUT2D eigenvalue weighted by Crippen LogP contribution is -2.31. The van der Waals surface area contributed by atoms with E-state index in [-0.39, 0.29) is 6.29 Å². The number of likely N-dealkylation sites (N-methyl/N-ethyl adjacent to an activating group) is 2. The van der Waals surface area contributed by atoms with Crippen LogP contribution in [0.15, 0.2) is 34.5 Å². The number of azo groups is 1. The molecule has 1 aliphatic rings. The third-order valence-electron chi connectivity index (χ3n) is 2.76. The molecule has 0 amide bonds. The summed E-state index contributed by atoms with van der Waals surface area (Å²) in [7, 11) is 4.10. The fourth-order valence-corrected chi connectivity index (χ4v) is 1.72. The molecule has 2 N–H and O–H groups in total. The average Bonchev–Trinajstić information content (AvgIpc) is 2.59. The van der Waals surface area contributed by atoms with Gasteiger partial charge in [-0.05, 0) is 38.4 Å². The summed E-state index contributed by atoms with van der Waals surface area (Å²) in [5.74, 6) is 0. The quantitative estimate of drug-likeness (QED) is 0.606. The van der Waals surface area contributed by atoms with Crippen LogP contribution in [0.4, 0.5) is 11.4 Å². The molecule has 0 atom stereocenters. The number of rotatable bonds is 2. The number of benzene rings is 1. The van der Waals surface area contributed by atoms with Crippen molar-refractivity contribution < 1.29 is 0 Å². The maximum absolute atomic E-state index is 5.60. The molecule has 0 unspecified atom stereocenters. The van der Waals surface area contributed by atoms with Crippen molar-refractivity contribution in [1.82, 2.24) is 9.80 Å². The van der Waals surface area contributed by atoms with Gasteiger partial charge in [-0.1, -0.05) is 0 Å². The number of hydrogen-bond acceptors (Lipinski definition) is 5. The van der Waals surface area contributed by atoms with Crippen LogP contribution in [-0.4, -0.2) is 43.3 Å². The van der Waals surface area contributed by atoms with Crippen molar-refractivity contribution >= 4 is 11.4 Å². The fraction of sp³-hybridized carbons (Fsp3) is 0.455. The van der Waals surface area contributed by atoms with Crippen LogP contribution in [0.1, 0.15) is 0 Å². The molecule has 0 saturated carbocycles. The fourth-order valence-electron chi connectivity index (χ4n) is 1.72. The Morgan fingerprint density at radius 2 is 1.69 bits per heavy atom. The van der Waals surface area contributed by atoms with Crippen molar-refractivity contribution in [2.24, 2.45) is 10.2 Å². The van der Waals surface area contributed by atoms with Crippen molar-refractivity contribution in [3.05, 3.63) is 24.3 Å². The second-order valence-corrected chi connectivity index (χ2v) is 4.11. The summed E-state index contributed by atoms with van der Waals surface area (Å²) >= 11 is 0. The Balaban J connectivity index is 2.06. The number of nitrogen functional groups attached to an aromatic ring is 1. The predicted octanol–water partition coefficient (Wildman–Crippen LogP) is 1.51. The van der Waals surface area contributed by atoms with Crippen LogP contribution < -0.4 is 5.73 Å². The molecular weight excluding hydrogens is 202 g/mol. The van der Waals surface area contributed by atoms with Gasteiger partial charge in [0.15, 0.2) is 6.29 Å². The smallest absolute Gasteiger partial charge is 0.179 e. The Labute approximate surface area is 95.6 Å². The van der Waals surface area contributed by atoms with Crippen LogP contribution in [0.25, 0.3) is 0 Å². The summed E-state index contributed by atoms with van der Waals surface area (Å²) in [6, 6.07) is 7.40. The normalized spacial score (nSPS) is 19.9. The van der Waals surface area contributed by atoms with E-state index in [1.165, 1.54) is 0 Å². The van der Waals surface area contributed by atoms with E-state index in [1.54, 1.807) is 0 Å². The molecule has 1 heterocycles. The Bertz CT molecular complexity index is 362. The van der Waals surface area contributed by atoms with Crippen LogP contribution in [0.5, 0.6) is 0 Å². The number of nitrogens with zero attached hydrogens (tertiary/aromatic N) is 4. The lowest BCUT2D eigenvalue weighted by molar-refractivity contribution is 0.189.